The fourth-order valence-corrected chi connectivity index (χ4v) is 4.88. The topological polar surface area (TPSA) is 34.3 Å². The van der Waals surface area contributed by atoms with E-state index in [1.807, 2.05) is 0 Å². The van der Waals surface area contributed by atoms with Gasteiger partial charge in [-0.2, -0.15) is 0 Å². The molecule has 2 heterocycles. The van der Waals surface area contributed by atoms with Gasteiger partial charge in [0, 0.05) is 24.1 Å². The third-order valence-electron chi connectivity index (χ3n) is 4.56. The first kappa shape index (κ1) is 19.9. The summed E-state index contributed by atoms with van der Waals surface area (Å²) in [6, 6.07) is 0. The second kappa shape index (κ2) is 12.0. The van der Waals surface area contributed by atoms with Gasteiger partial charge in [-0.1, -0.05) is 65.2 Å². The zero-order chi connectivity index (χ0) is 16.3. The number of epoxide rings is 2. The fourth-order valence-electron chi connectivity index (χ4n) is 2.80. The molecule has 2 aliphatic heterocycles. The molecule has 0 aromatic carbocycles. The fraction of sp³-hybridized carbons (Fsp3) is 1.00. The number of unbranched alkanes of at least 4 members (excludes halogenated alkanes) is 6. The molecule has 0 N–H and O–H groups in total. The molecule has 0 aromatic heterocycles. The lowest BCUT2D eigenvalue weighted by molar-refractivity contribution is 0.388. The normalized spacial score (nSPS) is 25.3. The molecular formula is C18H34O3S2. The maximum Gasteiger partial charge on any atom is 0.0950 e. The Hall–Kier alpha value is 0.580. The molecule has 4 atom stereocenters. The second-order valence-electron chi connectivity index (χ2n) is 6.78. The molecular weight excluding hydrogens is 328 g/mol. The van der Waals surface area contributed by atoms with E-state index in [9.17, 15) is 0 Å². The highest BCUT2D eigenvalue weighted by molar-refractivity contribution is 8.08. The van der Waals surface area contributed by atoms with Crippen molar-refractivity contribution in [2.75, 3.05) is 13.2 Å². The van der Waals surface area contributed by atoms with Gasteiger partial charge in [-0.25, -0.2) is 3.63 Å². The number of hydrogen-bond donors (Lipinski definition) is 0. The molecule has 0 saturated carbocycles. The van der Waals surface area contributed by atoms with Gasteiger partial charge in [0.25, 0.3) is 0 Å². The van der Waals surface area contributed by atoms with Gasteiger partial charge in [0.05, 0.1) is 35.9 Å². The molecule has 0 aliphatic carbocycles. The predicted molar refractivity (Wildman–Crippen MR) is 101 cm³/mol. The Morgan fingerprint density at radius 2 is 1.22 bits per heavy atom. The molecule has 0 radical (unpaired) electrons. The molecule has 136 valence electrons. The third kappa shape index (κ3) is 9.01. The summed E-state index contributed by atoms with van der Waals surface area (Å²) in [6.07, 6.45) is 13.9. The number of rotatable bonds is 16. The summed E-state index contributed by atoms with van der Waals surface area (Å²) in [4.78, 5) is 0. The minimum absolute atomic E-state index is 0.433. The predicted octanol–water partition coefficient (Wildman–Crippen LogP) is 5.78. The van der Waals surface area contributed by atoms with E-state index >= 15 is 0 Å². The van der Waals surface area contributed by atoms with Crippen LogP contribution in [0.4, 0.5) is 0 Å². The summed E-state index contributed by atoms with van der Waals surface area (Å²) in [6.45, 7) is 6.37. The quantitative estimate of drug-likeness (QED) is 0.198. The molecule has 23 heavy (non-hydrogen) atoms. The first-order chi connectivity index (χ1) is 11.3. The molecule has 2 rings (SSSR count). The summed E-state index contributed by atoms with van der Waals surface area (Å²) in [7, 11) is 0. The van der Waals surface area contributed by atoms with E-state index in [1.54, 1.807) is 24.1 Å². The lowest BCUT2D eigenvalue weighted by atomic mass is 10.1. The molecule has 2 saturated heterocycles. The van der Waals surface area contributed by atoms with Crippen LogP contribution >= 0.6 is 24.1 Å². The summed E-state index contributed by atoms with van der Waals surface area (Å²) in [5.41, 5.74) is 0. The standard InChI is InChI=1S/C18H34O3S2/c1-3-5-7-9-11-17(15-13-19-15)22-21-23-18(16-14-20-16)12-10-8-6-4-2/h15-18H,3-14H2,1-2H3. The van der Waals surface area contributed by atoms with Crippen LogP contribution in [0.15, 0.2) is 0 Å². The number of ether oxygens (including phenoxy) is 2. The smallest absolute Gasteiger partial charge is 0.0950 e. The van der Waals surface area contributed by atoms with Crippen molar-refractivity contribution in [3.05, 3.63) is 0 Å². The van der Waals surface area contributed by atoms with Crippen molar-refractivity contribution in [2.45, 2.75) is 101 Å². The van der Waals surface area contributed by atoms with Crippen LogP contribution in [-0.4, -0.2) is 35.9 Å². The minimum Gasteiger partial charge on any atom is -0.372 e. The van der Waals surface area contributed by atoms with Crippen molar-refractivity contribution in [1.82, 2.24) is 0 Å². The van der Waals surface area contributed by atoms with Gasteiger partial charge in [0.2, 0.25) is 0 Å². The van der Waals surface area contributed by atoms with Crippen LogP contribution in [0.1, 0.15) is 78.1 Å². The van der Waals surface area contributed by atoms with Crippen LogP contribution < -0.4 is 0 Å². The molecule has 0 aromatic rings. The average Bonchev–Trinajstić information content (AvgIpc) is 3.43. The molecule has 0 spiro atoms. The van der Waals surface area contributed by atoms with Gasteiger partial charge in [-0.15, -0.1) is 0 Å². The van der Waals surface area contributed by atoms with Gasteiger partial charge < -0.3 is 9.47 Å². The highest BCUT2D eigenvalue weighted by atomic mass is 32.2. The second-order valence-corrected chi connectivity index (χ2v) is 8.92. The van der Waals surface area contributed by atoms with Crippen molar-refractivity contribution in [3.63, 3.8) is 0 Å². The molecule has 3 nitrogen and oxygen atoms in total. The number of hydrogen-bond acceptors (Lipinski definition) is 5. The molecule has 0 bridgehead atoms. The highest BCUT2D eigenvalue weighted by Crippen LogP contribution is 2.37. The van der Waals surface area contributed by atoms with E-state index < -0.39 is 0 Å². The minimum atomic E-state index is 0.433. The maximum absolute atomic E-state index is 5.95. The first-order valence-corrected chi connectivity index (χ1v) is 11.2. The average molecular weight is 363 g/mol. The van der Waals surface area contributed by atoms with Crippen molar-refractivity contribution >= 4 is 24.1 Å². The Balaban J connectivity index is 1.57. The summed E-state index contributed by atoms with van der Waals surface area (Å²) in [5.74, 6) is 0. The SMILES string of the molecule is CCCCCCC(SOSC(CCCCCC)C1CO1)C1CO1. The van der Waals surface area contributed by atoms with Crippen molar-refractivity contribution in [1.29, 1.82) is 0 Å². The van der Waals surface area contributed by atoms with Crippen molar-refractivity contribution in [2.24, 2.45) is 0 Å². The third-order valence-corrected chi connectivity index (χ3v) is 6.76. The molecule has 5 heteroatoms. The molecule has 0 amide bonds. The Morgan fingerprint density at radius 3 is 1.57 bits per heavy atom. The Bertz CT molecular complexity index is 268. The van der Waals surface area contributed by atoms with E-state index in [4.69, 9.17) is 13.1 Å². The molecule has 4 unspecified atom stereocenters. The summed E-state index contributed by atoms with van der Waals surface area (Å²) >= 11 is 3.30. The van der Waals surface area contributed by atoms with Gasteiger partial charge in [-0.05, 0) is 12.8 Å². The Morgan fingerprint density at radius 1 is 0.783 bits per heavy atom. The van der Waals surface area contributed by atoms with Crippen LogP contribution in [0.25, 0.3) is 0 Å². The van der Waals surface area contributed by atoms with Crippen LogP contribution in [0, 0.1) is 0 Å². The zero-order valence-corrected chi connectivity index (χ0v) is 16.5. The zero-order valence-electron chi connectivity index (χ0n) is 14.8. The maximum atomic E-state index is 5.95. The lowest BCUT2D eigenvalue weighted by Gasteiger charge is -2.16. The highest BCUT2D eigenvalue weighted by Gasteiger charge is 2.36. The van der Waals surface area contributed by atoms with E-state index in [0.717, 1.165) is 13.2 Å². The van der Waals surface area contributed by atoms with Crippen molar-refractivity contribution in [3.8, 4) is 0 Å². The van der Waals surface area contributed by atoms with Gasteiger partial charge in [0.15, 0.2) is 0 Å². The molecule has 2 fully saturated rings. The van der Waals surface area contributed by atoms with Gasteiger partial charge in [-0.3, -0.25) is 0 Å². The molecule has 2 aliphatic rings. The van der Waals surface area contributed by atoms with Gasteiger partial charge in [0.1, 0.15) is 0 Å². The van der Waals surface area contributed by atoms with E-state index in [-0.39, 0.29) is 0 Å². The summed E-state index contributed by atoms with van der Waals surface area (Å²) in [5, 5.41) is 1.03. The Labute approximate surface area is 151 Å². The van der Waals surface area contributed by atoms with Crippen LogP contribution in [0.3, 0.4) is 0 Å². The first-order valence-electron chi connectivity index (χ1n) is 9.57. The monoisotopic (exact) mass is 362 g/mol. The van der Waals surface area contributed by atoms with Crippen LogP contribution in [-0.2, 0) is 13.1 Å². The van der Waals surface area contributed by atoms with E-state index in [1.165, 1.54) is 64.2 Å². The van der Waals surface area contributed by atoms with Crippen LogP contribution in [0.2, 0.25) is 0 Å². The lowest BCUT2D eigenvalue weighted by Crippen LogP contribution is -2.14. The van der Waals surface area contributed by atoms with Crippen molar-refractivity contribution < 1.29 is 13.1 Å². The largest absolute Gasteiger partial charge is 0.372 e. The Kier molecular flexibility index (Phi) is 10.4. The van der Waals surface area contributed by atoms with Gasteiger partial charge >= 0.3 is 0 Å². The van der Waals surface area contributed by atoms with E-state index in [0.29, 0.717) is 22.7 Å². The van der Waals surface area contributed by atoms with Crippen LogP contribution in [0.5, 0.6) is 0 Å². The summed E-state index contributed by atoms with van der Waals surface area (Å²) < 4.78 is 17.0. The van der Waals surface area contributed by atoms with E-state index in [2.05, 4.69) is 13.8 Å².